The van der Waals surface area contributed by atoms with Crippen LogP contribution < -0.4 is 10.9 Å². The van der Waals surface area contributed by atoms with E-state index in [1.807, 2.05) is 0 Å². The second-order valence-corrected chi connectivity index (χ2v) is 26.0. The van der Waals surface area contributed by atoms with Gasteiger partial charge in [0.2, 0.25) is 11.8 Å². The smallest absolute Gasteiger partial charge is 0.383 e. The van der Waals surface area contributed by atoms with Crippen molar-refractivity contribution in [2.24, 2.45) is 0 Å². The van der Waals surface area contributed by atoms with Gasteiger partial charge in [-0.2, -0.15) is 26.3 Å². The lowest BCUT2D eigenvalue weighted by molar-refractivity contribution is -0.138. The summed E-state index contributed by atoms with van der Waals surface area (Å²) in [6, 6.07) is 17.2. The number of likely N-dealkylation sites (tertiary alicyclic amines) is 2. The van der Waals surface area contributed by atoms with Gasteiger partial charge < -0.3 is 38.2 Å². The second-order valence-electron chi connectivity index (χ2n) is 24.1. The number of amides is 2. The maximum atomic E-state index is 15.4. The average Bonchev–Trinajstić information content (AvgIpc) is 0.714. The van der Waals surface area contributed by atoms with E-state index in [0.29, 0.717) is 59.8 Å². The number of carbonyl (C=O) groups is 2. The number of carbonyl (C=O) groups excluding carboxylic acids is 2. The molecule has 0 bridgehead atoms. The third kappa shape index (κ3) is 20.4. The Morgan fingerprint density at radius 2 is 0.897 bits per heavy atom. The topological polar surface area (TPSA) is 110 Å². The highest BCUT2D eigenvalue weighted by Gasteiger charge is 2.34. The molecule has 2 aliphatic rings. The van der Waals surface area contributed by atoms with E-state index >= 15 is 9.59 Å². The normalized spacial score (nSPS) is 19.0. The first kappa shape index (κ1) is 50.6. The van der Waals surface area contributed by atoms with Crippen molar-refractivity contribution in [3.05, 3.63) is 270 Å². The third-order valence-corrected chi connectivity index (χ3v) is 19.1. The van der Waals surface area contributed by atoms with Crippen molar-refractivity contribution >= 4 is 57.1 Å². The van der Waals surface area contributed by atoms with Gasteiger partial charge in [-0.15, -0.1) is 23.5 Å². The van der Waals surface area contributed by atoms with Crippen LogP contribution in [-0.4, -0.2) is 119 Å². The summed E-state index contributed by atoms with van der Waals surface area (Å²) in [6.07, 6.45) is -10.4. The molecular weight excluding hydrogens is 1430 g/mol. The Bertz CT molecular complexity index is 6270. The number of benzene rings is 8. The summed E-state index contributed by atoms with van der Waals surface area (Å²) >= 11 is 0.862. The summed E-state index contributed by atoms with van der Waals surface area (Å²) in [5.74, 6) is -9.34. The van der Waals surface area contributed by atoms with Crippen LogP contribution >= 0.6 is 23.5 Å². The molecule has 0 atom stereocenters. The molecule has 0 radical (unpaired) electrons. The van der Waals surface area contributed by atoms with E-state index in [2.05, 4.69) is 9.47 Å². The fraction of sp³-hybridized carbons (Fsp3) is 0.325. The number of hydrogen-bond acceptors (Lipinski definition) is 10. The minimum Gasteiger partial charge on any atom is -0.383 e. The Morgan fingerprint density at radius 1 is 0.523 bits per heavy atom. The minimum atomic E-state index is -4.63. The van der Waals surface area contributed by atoms with Crippen molar-refractivity contribution < 1.29 is 101 Å². The van der Waals surface area contributed by atoms with Crippen LogP contribution in [0.4, 0.5) is 43.9 Å². The van der Waals surface area contributed by atoms with Crippen LogP contribution in [0.3, 0.4) is 0 Å². The number of methoxy groups -OCH3 is 2. The highest BCUT2D eigenvalue weighted by Crippen LogP contribution is 2.36. The molecule has 0 saturated carbocycles. The predicted molar refractivity (Wildman–Crippen MR) is 402 cm³/mol. The van der Waals surface area contributed by atoms with Crippen LogP contribution in [0.2, 0.25) is 0 Å². The van der Waals surface area contributed by atoms with E-state index in [1.54, 1.807) is 12.1 Å². The monoisotopic (exact) mass is 1540 g/mol. The number of thioether (sulfide) groups is 2. The molecule has 2 aliphatic heterocycles. The predicted octanol–water partition coefficient (Wildman–Crippen LogP) is 18.0. The summed E-state index contributed by atoms with van der Waals surface area (Å²) in [5.41, 5.74) is -5.27. The molecule has 2 fully saturated rings. The zero-order valence-electron chi connectivity index (χ0n) is 83.9. The zero-order valence-corrected chi connectivity index (χ0v) is 57.5. The maximum Gasteiger partial charge on any atom is 0.416 e. The quantitative estimate of drug-likeness (QED) is 0.0428. The lowest BCUT2D eigenvalue weighted by Gasteiger charge is -2.39. The Hall–Kier alpha value is -9.04. The summed E-state index contributed by atoms with van der Waals surface area (Å²) in [7, 11) is -6.70. The van der Waals surface area contributed by atoms with Crippen LogP contribution in [0.1, 0.15) is 116 Å². The number of alkyl halides is 6. The van der Waals surface area contributed by atoms with Gasteiger partial charge in [-0.1, -0.05) is 117 Å². The Morgan fingerprint density at radius 3 is 1.29 bits per heavy atom. The summed E-state index contributed by atoms with van der Waals surface area (Å²) in [6.45, 7) is -22.8. The Kier molecular flexibility index (Phi) is 17.1. The van der Waals surface area contributed by atoms with Crippen LogP contribution in [-0.2, 0) is 69.0 Å². The van der Waals surface area contributed by atoms with Gasteiger partial charge in [0.15, 0.2) is 34.1 Å². The molecule has 107 heavy (non-hydrogen) atoms. The Labute approximate surface area is 663 Å². The van der Waals surface area contributed by atoms with E-state index in [9.17, 15) is 61.7 Å². The van der Waals surface area contributed by atoms with E-state index in [4.69, 9.17) is 30.2 Å². The number of hydrogen-bond donors (Lipinski definition) is 0. The van der Waals surface area contributed by atoms with Crippen LogP contribution in [0.15, 0.2) is 201 Å². The molecule has 10 aromatic rings. The van der Waals surface area contributed by atoms with Gasteiger partial charge in [-0.05, 0) is 145 Å². The molecule has 12 nitrogen and oxygen atoms in total. The molecule has 24 heteroatoms. The van der Waals surface area contributed by atoms with E-state index in [-0.39, 0.29) is 66.7 Å². The van der Waals surface area contributed by atoms with Gasteiger partial charge in [-0.3, -0.25) is 19.2 Å². The van der Waals surface area contributed by atoms with Crippen LogP contribution in [0.5, 0.6) is 0 Å². The van der Waals surface area contributed by atoms with Crippen LogP contribution in [0.25, 0.3) is 44.1 Å². The minimum absolute atomic E-state index is 0. The first-order valence-electron chi connectivity index (χ1n) is 46.3. The standard InChI is InChI=1S/2C41H40F5N3O3S.CH4/c2*1-27-6-15-34-36(22-27)49(39(23-37(34)50)53-26-31-4-3-5-35(42)40(31)43)25-38(51)48(33-16-18-47(19-17-33)20-21-52-2)24-28-7-9-29(10-8-28)30-11-13-32(14-12-30)41(44,45)46;/h2*3-15,22-23,33H,16-21,24-26H2,1-2H3;1H4/i2D3,6D,15D,20D2,21D2,22D,23D,24D2,25D2;2D3,6D,15D,20D2,21D2,22D,23D,25D2;. The van der Waals surface area contributed by atoms with Crippen molar-refractivity contribution in [3.8, 4) is 22.3 Å². The molecule has 2 amide bonds. The van der Waals surface area contributed by atoms with E-state index in [1.165, 1.54) is 86.6 Å². The Balaban J connectivity index is 0.000000277. The van der Waals surface area contributed by atoms with Crippen molar-refractivity contribution in [3.63, 3.8) is 0 Å². The summed E-state index contributed by atoms with van der Waals surface area (Å²) < 4.78 is 386. The van der Waals surface area contributed by atoms with Crippen LogP contribution in [0, 0.1) is 37.1 Å². The van der Waals surface area contributed by atoms with E-state index in [0.717, 1.165) is 63.2 Å². The number of halogens is 10. The van der Waals surface area contributed by atoms with Crippen molar-refractivity contribution in [2.75, 3.05) is 66.4 Å². The van der Waals surface area contributed by atoms with Gasteiger partial charge in [0.25, 0.3) is 0 Å². The first-order chi connectivity index (χ1) is 61.7. The lowest BCUT2D eigenvalue weighted by Crippen LogP contribution is -2.48. The molecule has 564 valence electrons. The largest absolute Gasteiger partial charge is 0.416 e. The fourth-order valence-electron chi connectivity index (χ4n) is 11.6. The molecule has 4 heterocycles. The molecule has 0 N–H and O–H groups in total. The average molecular weight is 1540 g/mol. The summed E-state index contributed by atoms with van der Waals surface area (Å²) in [5, 5.41) is -2.91. The number of pyridine rings is 2. The van der Waals surface area contributed by atoms with Gasteiger partial charge in [0.05, 0.1) is 78.2 Å². The molecule has 0 unspecified atom stereocenters. The SMILES string of the molecule is C.[2H]c1c(C)c([2H])c2c(c1[2H])c(=O)c([2H])c(SCc1cccc(F)c1F)n2C([2H])([2H])C(=O)N(C1CCN(C([2H])([2H])C([2H])([2H])OC([2H])([2H])[2H])CC1)C([2H])([2H])c1ccc(-c2ccc(C(F)(F)F)cc2)cc1.[2H]c1c(C)c([2H])c2c(c1[2H])c(=O)c([2H])c(SCc1cccc(F)c1F)n2C([2H])([2H])C(=O)N(Cc1ccc(-c2ccc(C(F)(F)F)cc2)cc1)C1CCN(C([2H])([2H])C([2H])([2H])OC([2H])([2H])[2H])CC1. The van der Waals surface area contributed by atoms with Crippen molar-refractivity contribution in [2.45, 2.75) is 119 Å². The molecule has 2 saturated heterocycles. The van der Waals surface area contributed by atoms with Gasteiger partial charge in [-0.25, -0.2) is 17.6 Å². The number of fused-ring (bicyclic) bond motifs is 2. The number of rotatable bonds is 24. The molecular formula is C83H84F10N6O6S2. The highest BCUT2D eigenvalue weighted by atomic mass is 32.2. The first-order valence-corrected chi connectivity index (χ1v) is 34.3. The van der Waals surface area contributed by atoms with Gasteiger partial charge >= 0.3 is 12.4 Å². The molecule has 0 aliphatic carbocycles. The lowest BCUT2D eigenvalue weighted by atomic mass is 10.00. The highest BCUT2D eigenvalue weighted by molar-refractivity contribution is 7.98. The van der Waals surface area contributed by atoms with Gasteiger partial charge in [0.1, 0.15) is 13.0 Å². The number of nitrogens with zero attached hydrogens (tertiary/aromatic N) is 6. The van der Waals surface area contributed by atoms with E-state index < -0.39 is 265 Å². The second kappa shape index (κ2) is 36.2. The zero-order chi connectivity index (χ0) is 99.9. The third-order valence-electron chi connectivity index (χ3n) is 17.0. The van der Waals surface area contributed by atoms with Gasteiger partial charge in [0, 0.05) is 129 Å². The molecule has 8 aromatic carbocycles. The molecule has 12 rings (SSSR count). The number of piperidine rings is 2. The number of aromatic nitrogens is 2. The molecule has 0 spiro atoms. The molecule has 2 aromatic heterocycles. The fourth-order valence-corrected chi connectivity index (χ4v) is 13.5. The summed E-state index contributed by atoms with van der Waals surface area (Å²) in [4.78, 5) is 61.6. The van der Waals surface area contributed by atoms with Crippen molar-refractivity contribution in [1.82, 2.24) is 28.7 Å². The maximum absolute atomic E-state index is 15.4. The van der Waals surface area contributed by atoms with Crippen molar-refractivity contribution in [1.29, 1.82) is 0 Å². The number of ether oxygens (including phenoxy) is 2.